The second-order valence-corrected chi connectivity index (χ2v) is 6.69. The van der Waals surface area contributed by atoms with Crippen molar-refractivity contribution in [1.29, 1.82) is 0 Å². The standard InChI is InChI=1S/C21H21ClN2O4/c1-27-19-7-6-16(22)10-15(19)11-21(26)28-13-20(25)23-9-8-14-12-24-18-5-3-2-4-17(14)18/h2-7,10,12,24H,8-9,11,13H2,1H3,(H,23,25). The number of esters is 1. The number of hydrogen-bond acceptors (Lipinski definition) is 4. The summed E-state index contributed by atoms with van der Waals surface area (Å²) in [7, 11) is 1.51. The van der Waals surface area contributed by atoms with Gasteiger partial charge in [-0.25, -0.2) is 0 Å². The molecule has 0 saturated heterocycles. The fourth-order valence-electron chi connectivity index (χ4n) is 2.96. The molecule has 3 rings (SSSR count). The number of H-pyrrole nitrogens is 1. The maximum Gasteiger partial charge on any atom is 0.310 e. The Morgan fingerprint density at radius 2 is 1.96 bits per heavy atom. The summed E-state index contributed by atoms with van der Waals surface area (Å²) in [5, 5.41) is 4.40. The van der Waals surface area contributed by atoms with Gasteiger partial charge >= 0.3 is 5.97 Å². The molecule has 0 unspecified atom stereocenters. The minimum atomic E-state index is -0.521. The van der Waals surface area contributed by atoms with E-state index in [2.05, 4.69) is 10.3 Å². The molecule has 3 aromatic rings. The minimum absolute atomic E-state index is 0.0215. The highest BCUT2D eigenvalue weighted by molar-refractivity contribution is 6.30. The van der Waals surface area contributed by atoms with Crippen LogP contribution in [-0.4, -0.2) is 37.1 Å². The van der Waals surface area contributed by atoms with Crippen LogP contribution < -0.4 is 10.1 Å². The van der Waals surface area contributed by atoms with Crippen LogP contribution in [0.15, 0.2) is 48.7 Å². The van der Waals surface area contributed by atoms with E-state index in [-0.39, 0.29) is 18.9 Å². The average Bonchev–Trinajstić information content (AvgIpc) is 3.10. The third-order valence-electron chi connectivity index (χ3n) is 4.33. The number of fused-ring (bicyclic) bond motifs is 1. The third kappa shape index (κ3) is 5.04. The summed E-state index contributed by atoms with van der Waals surface area (Å²) >= 11 is 5.95. The van der Waals surface area contributed by atoms with Gasteiger partial charge in [-0.2, -0.15) is 0 Å². The normalized spacial score (nSPS) is 10.6. The number of carbonyl (C=O) groups is 2. The van der Waals surface area contributed by atoms with Gasteiger partial charge < -0.3 is 19.8 Å². The lowest BCUT2D eigenvalue weighted by atomic mass is 10.1. The Labute approximate surface area is 167 Å². The van der Waals surface area contributed by atoms with Crippen LogP contribution >= 0.6 is 11.6 Å². The Balaban J connectivity index is 1.43. The first-order valence-electron chi connectivity index (χ1n) is 8.86. The summed E-state index contributed by atoms with van der Waals surface area (Å²) < 4.78 is 10.2. The molecular weight excluding hydrogens is 380 g/mol. The van der Waals surface area contributed by atoms with E-state index in [4.69, 9.17) is 21.1 Å². The highest BCUT2D eigenvalue weighted by Gasteiger charge is 2.12. The zero-order valence-corrected chi connectivity index (χ0v) is 16.2. The van der Waals surface area contributed by atoms with Crippen molar-refractivity contribution in [2.24, 2.45) is 0 Å². The molecule has 0 aliphatic carbocycles. The topological polar surface area (TPSA) is 80.4 Å². The second-order valence-electron chi connectivity index (χ2n) is 6.25. The van der Waals surface area contributed by atoms with Gasteiger partial charge in [0.05, 0.1) is 13.5 Å². The quantitative estimate of drug-likeness (QED) is 0.569. The van der Waals surface area contributed by atoms with Gasteiger partial charge in [-0.1, -0.05) is 29.8 Å². The molecule has 1 amide bonds. The van der Waals surface area contributed by atoms with Crippen LogP contribution in [0.5, 0.6) is 5.75 Å². The van der Waals surface area contributed by atoms with Crippen molar-refractivity contribution >= 4 is 34.4 Å². The smallest absolute Gasteiger partial charge is 0.310 e. The summed E-state index contributed by atoms with van der Waals surface area (Å²) in [6.45, 7) is 0.135. The van der Waals surface area contributed by atoms with Crippen molar-refractivity contribution in [3.8, 4) is 5.75 Å². The number of methoxy groups -OCH3 is 1. The number of amides is 1. The Morgan fingerprint density at radius 3 is 2.79 bits per heavy atom. The zero-order chi connectivity index (χ0) is 19.9. The summed E-state index contributed by atoms with van der Waals surface area (Å²) in [4.78, 5) is 27.1. The maximum atomic E-state index is 12.0. The molecule has 2 N–H and O–H groups in total. The van der Waals surface area contributed by atoms with Gasteiger partial charge in [-0.3, -0.25) is 9.59 Å². The summed E-state index contributed by atoms with van der Waals surface area (Å²) in [5.41, 5.74) is 2.80. The monoisotopic (exact) mass is 400 g/mol. The molecule has 146 valence electrons. The molecule has 0 spiro atoms. The first kappa shape index (κ1) is 19.8. The van der Waals surface area contributed by atoms with Gasteiger partial charge in [0.2, 0.25) is 0 Å². The molecule has 0 aliphatic rings. The van der Waals surface area contributed by atoms with E-state index in [1.165, 1.54) is 7.11 Å². The van der Waals surface area contributed by atoms with Gasteiger partial charge in [0, 0.05) is 34.2 Å². The van der Waals surface area contributed by atoms with Crippen LogP contribution in [0.25, 0.3) is 10.9 Å². The fraction of sp³-hybridized carbons (Fsp3) is 0.238. The highest BCUT2D eigenvalue weighted by Crippen LogP contribution is 2.23. The predicted molar refractivity (Wildman–Crippen MR) is 108 cm³/mol. The van der Waals surface area contributed by atoms with Crippen molar-refractivity contribution in [3.63, 3.8) is 0 Å². The number of rotatable bonds is 8. The van der Waals surface area contributed by atoms with Gasteiger partial charge in [0.25, 0.3) is 5.91 Å². The highest BCUT2D eigenvalue weighted by atomic mass is 35.5. The molecule has 0 fully saturated rings. The molecule has 0 bridgehead atoms. The number of para-hydroxylation sites is 1. The second kappa shape index (κ2) is 9.28. The van der Waals surface area contributed by atoms with Crippen LogP contribution in [0.2, 0.25) is 5.02 Å². The van der Waals surface area contributed by atoms with Crippen molar-refractivity contribution in [2.75, 3.05) is 20.3 Å². The molecule has 28 heavy (non-hydrogen) atoms. The van der Waals surface area contributed by atoms with E-state index in [1.54, 1.807) is 18.2 Å². The van der Waals surface area contributed by atoms with E-state index in [1.807, 2.05) is 30.5 Å². The molecule has 0 aliphatic heterocycles. The molecule has 7 heteroatoms. The molecule has 0 atom stereocenters. The van der Waals surface area contributed by atoms with Crippen molar-refractivity contribution in [1.82, 2.24) is 10.3 Å². The van der Waals surface area contributed by atoms with Gasteiger partial charge in [0.1, 0.15) is 5.75 Å². The molecular formula is C21H21ClN2O4. The number of aromatic nitrogens is 1. The fourth-order valence-corrected chi connectivity index (χ4v) is 3.16. The number of ether oxygens (including phenoxy) is 2. The molecule has 2 aromatic carbocycles. The number of aromatic amines is 1. The van der Waals surface area contributed by atoms with Gasteiger partial charge in [-0.15, -0.1) is 0 Å². The summed E-state index contributed by atoms with van der Waals surface area (Å²) in [5.74, 6) is -0.317. The van der Waals surface area contributed by atoms with Gasteiger partial charge in [0.15, 0.2) is 6.61 Å². The number of hydrogen-bond donors (Lipinski definition) is 2. The first-order valence-corrected chi connectivity index (χ1v) is 9.24. The summed E-state index contributed by atoms with van der Waals surface area (Å²) in [6, 6.07) is 13.0. The molecule has 6 nitrogen and oxygen atoms in total. The van der Waals surface area contributed by atoms with Crippen molar-refractivity contribution in [2.45, 2.75) is 12.8 Å². The first-order chi connectivity index (χ1) is 13.6. The molecule has 0 saturated carbocycles. The van der Waals surface area contributed by atoms with Crippen LogP contribution in [0.3, 0.4) is 0 Å². The number of halogens is 1. The largest absolute Gasteiger partial charge is 0.496 e. The molecule has 1 heterocycles. The van der Waals surface area contributed by atoms with Crippen LogP contribution in [0, 0.1) is 0 Å². The zero-order valence-electron chi connectivity index (χ0n) is 15.5. The SMILES string of the molecule is COc1ccc(Cl)cc1CC(=O)OCC(=O)NCCc1c[nH]c2ccccc12. The lowest BCUT2D eigenvalue weighted by molar-refractivity contribution is -0.147. The third-order valence-corrected chi connectivity index (χ3v) is 4.57. The van der Waals surface area contributed by atoms with E-state index in [0.717, 1.165) is 16.5 Å². The Hall–Kier alpha value is -2.99. The number of benzene rings is 2. The van der Waals surface area contributed by atoms with E-state index < -0.39 is 5.97 Å². The summed E-state index contributed by atoms with van der Waals surface area (Å²) in [6.07, 6.45) is 2.60. The van der Waals surface area contributed by atoms with Gasteiger partial charge in [-0.05, 0) is 36.2 Å². The minimum Gasteiger partial charge on any atom is -0.496 e. The number of carbonyl (C=O) groups excluding carboxylic acids is 2. The Kier molecular flexibility index (Phi) is 6.55. The van der Waals surface area contributed by atoms with E-state index in [9.17, 15) is 9.59 Å². The average molecular weight is 401 g/mol. The lowest BCUT2D eigenvalue weighted by Gasteiger charge is -2.09. The number of nitrogens with one attached hydrogen (secondary N) is 2. The Morgan fingerprint density at radius 1 is 1.14 bits per heavy atom. The van der Waals surface area contributed by atoms with E-state index >= 15 is 0 Å². The van der Waals surface area contributed by atoms with Crippen LogP contribution in [0.4, 0.5) is 0 Å². The lowest BCUT2D eigenvalue weighted by Crippen LogP contribution is -2.30. The van der Waals surface area contributed by atoms with Crippen molar-refractivity contribution in [3.05, 3.63) is 64.8 Å². The molecule has 0 radical (unpaired) electrons. The van der Waals surface area contributed by atoms with Crippen LogP contribution in [0.1, 0.15) is 11.1 Å². The molecule has 1 aromatic heterocycles. The predicted octanol–water partition coefficient (Wildman–Crippen LogP) is 3.27. The van der Waals surface area contributed by atoms with Crippen molar-refractivity contribution < 1.29 is 19.1 Å². The van der Waals surface area contributed by atoms with Crippen LogP contribution in [-0.2, 0) is 27.2 Å². The van der Waals surface area contributed by atoms with E-state index in [0.29, 0.717) is 29.3 Å². The Bertz CT molecular complexity index is 983. The maximum absolute atomic E-state index is 12.0.